The molecule has 5 atom stereocenters. The highest BCUT2D eigenvalue weighted by atomic mass is 14.7. The predicted octanol–water partition coefficient (Wildman–Crippen LogP) is 4.66. The molecule has 0 aromatic carbocycles. The van der Waals surface area contributed by atoms with Crippen molar-refractivity contribution in [2.75, 3.05) is 0 Å². The standard InChI is InChI=1S/C23H33N3/c1-5-20-9-8-18(13-26-20)23(25)12-17(7-6-14(2)24)22-11-19-10-21(22)16(4)15(19)3/h6-9,12-13,15-16,19,21-22H,5,10-11,24-25H2,1-4H3/b14-6-,17-7+,23-12-. The van der Waals surface area contributed by atoms with Crippen LogP contribution in [0.25, 0.3) is 5.70 Å². The summed E-state index contributed by atoms with van der Waals surface area (Å²) < 4.78 is 0. The third-order valence-corrected chi connectivity index (χ3v) is 6.71. The van der Waals surface area contributed by atoms with Gasteiger partial charge in [-0.05, 0) is 85.6 Å². The molecule has 2 aliphatic rings. The van der Waals surface area contributed by atoms with Crippen molar-refractivity contribution in [2.45, 2.75) is 47.0 Å². The highest BCUT2D eigenvalue weighted by molar-refractivity contribution is 5.65. The molecule has 0 saturated heterocycles. The van der Waals surface area contributed by atoms with E-state index in [1.165, 1.54) is 18.4 Å². The van der Waals surface area contributed by atoms with Crippen LogP contribution in [-0.2, 0) is 6.42 Å². The summed E-state index contributed by atoms with van der Waals surface area (Å²) >= 11 is 0. The molecule has 2 bridgehead atoms. The average Bonchev–Trinajstić information content (AvgIpc) is 3.18. The van der Waals surface area contributed by atoms with Gasteiger partial charge in [0.05, 0.1) is 0 Å². The van der Waals surface area contributed by atoms with Gasteiger partial charge in [0.15, 0.2) is 0 Å². The fourth-order valence-corrected chi connectivity index (χ4v) is 4.90. The van der Waals surface area contributed by atoms with Gasteiger partial charge < -0.3 is 11.5 Å². The Balaban J connectivity index is 1.89. The predicted molar refractivity (Wildman–Crippen MR) is 110 cm³/mol. The third-order valence-electron chi connectivity index (χ3n) is 6.71. The summed E-state index contributed by atoms with van der Waals surface area (Å²) in [5, 5.41) is 0. The first-order valence-electron chi connectivity index (χ1n) is 9.97. The molecule has 3 rings (SSSR count). The molecule has 2 saturated carbocycles. The molecule has 5 unspecified atom stereocenters. The Kier molecular flexibility index (Phi) is 5.55. The van der Waals surface area contributed by atoms with Crippen LogP contribution >= 0.6 is 0 Å². The van der Waals surface area contributed by atoms with Crippen LogP contribution in [0.3, 0.4) is 0 Å². The van der Waals surface area contributed by atoms with Gasteiger partial charge in [-0.25, -0.2) is 0 Å². The zero-order valence-corrected chi connectivity index (χ0v) is 16.6. The van der Waals surface area contributed by atoms with E-state index in [1.807, 2.05) is 19.2 Å². The van der Waals surface area contributed by atoms with Crippen LogP contribution in [0.5, 0.6) is 0 Å². The summed E-state index contributed by atoms with van der Waals surface area (Å²) in [6.45, 7) is 8.88. The summed E-state index contributed by atoms with van der Waals surface area (Å²) in [5.41, 5.74) is 17.4. The zero-order valence-electron chi connectivity index (χ0n) is 16.6. The molecule has 4 N–H and O–H groups in total. The second-order valence-electron chi connectivity index (χ2n) is 8.29. The topological polar surface area (TPSA) is 64.9 Å². The van der Waals surface area contributed by atoms with Gasteiger partial charge >= 0.3 is 0 Å². The molecule has 0 amide bonds. The number of fused-ring (bicyclic) bond motifs is 2. The second-order valence-corrected chi connectivity index (χ2v) is 8.29. The van der Waals surface area contributed by atoms with Crippen molar-refractivity contribution in [1.29, 1.82) is 0 Å². The number of rotatable bonds is 5. The lowest BCUT2D eigenvalue weighted by molar-refractivity contribution is 0.213. The Morgan fingerprint density at radius 3 is 2.46 bits per heavy atom. The van der Waals surface area contributed by atoms with E-state index in [-0.39, 0.29) is 0 Å². The van der Waals surface area contributed by atoms with E-state index in [9.17, 15) is 0 Å². The maximum atomic E-state index is 6.45. The number of aromatic nitrogens is 1. The Hall–Kier alpha value is -2.03. The Morgan fingerprint density at radius 1 is 1.15 bits per heavy atom. The van der Waals surface area contributed by atoms with Gasteiger partial charge in [0.1, 0.15) is 0 Å². The first-order valence-corrected chi connectivity index (χ1v) is 9.97. The monoisotopic (exact) mass is 351 g/mol. The average molecular weight is 352 g/mol. The molecule has 1 heterocycles. The van der Waals surface area contributed by atoms with Gasteiger partial charge in [-0.15, -0.1) is 0 Å². The summed E-state index contributed by atoms with van der Waals surface area (Å²) in [7, 11) is 0. The highest BCUT2D eigenvalue weighted by Gasteiger charge is 2.49. The Labute approximate surface area is 158 Å². The van der Waals surface area contributed by atoms with Crippen molar-refractivity contribution in [3.63, 3.8) is 0 Å². The van der Waals surface area contributed by atoms with Crippen LogP contribution < -0.4 is 11.5 Å². The van der Waals surface area contributed by atoms with Gasteiger partial charge in [0.2, 0.25) is 0 Å². The molecule has 0 radical (unpaired) electrons. The lowest BCUT2D eigenvalue weighted by Crippen LogP contribution is -2.25. The van der Waals surface area contributed by atoms with E-state index in [4.69, 9.17) is 11.5 Å². The van der Waals surface area contributed by atoms with Crippen LogP contribution in [0, 0.1) is 29.6 Å². The molecular weight excluding hydrogens is 318 g/mol. The molecule has 1 aromatic heterocycles. The highest BCUT2D eigenvalue weighted by Crippen LogP contribution is 2.57. The maximum Gasteiger partial charge on any atom is 0.0406 e. The van der Waals surface area contributed by atoms with E-state index in [0.717, 1.165) is 52.7 Å². The second kappa shape index (κ2) is 7.69. The summed E-state index contributed by atoms with van der Waals surface area (Å²) in [5.74, 6) is 3.83. The molecule has 0 spiro atoms. The van der Waals surface area contributed by atoms with Gasteiger partial charge in [0.25, 0.3) is 0 Å². The minimum atomic E-state index is 0.586. The molecule has 26 heavy (non-hydrogen) atoms. The Morgan fingerprint density at radius 2 is 1.92 bits per heavy atom. The van der Waals surface area contributed by atoms with E-state index in [2.05, 4.69) is 50.0 Å². The molecule has 3 nitrogen and oxygen atoms in total. The van der Waals surface area contributed by atoms with Crippen LogP contribution in [-0.4, -0.2) is 4.98 Å². The van der Waals surface area contributed by atoms with Gasteiger partial charge in [-0.1, -0.05) is 26.8 Å². The number of hydrogen-bond acceptors (Lipinski definition) is 3. The van der Waals surface area contributed by atoms with Crippen molar-refractivity contribution >= 4 is 5.70 Å². The minimum absolute atomic E-state index is 0.586. The van der Waals surface area contributed by atoms with Crippen molar-refractivity contribution < 1.29 is 0 Å². The number of aryl methyl sites for hydroxylation is 1. The number of allylic oxidation sites excluding steroid dienone is 5. The summed E-state index contributed by atoms with van der Waals surface area (Å²) in [6.07, 6.45) is 11.8. The van der Waals surface area contributed by atoms with Crippen molar-refractivity contribution in [1.82, 2.24) is 4.98 Å². The van der Waals surface area contributed by atoms with E-state index in [1.54, 1.807) is 0 Å². The fourth-order valence-electron chi connectivity index (χ4n) is 4.90. The number of pyridine rings is 1. The fraction of sp³-hybridized carbons (Fsp3) is 0.522. The van der Waals surface area contributed by atoms with E-state index in [0.29, 0.717) is 5.92 Å². The quantitative estimate of drug-likeness (QED) is 0.758. The van der Waals surface area contributed by atoms with Gasteiger partial charge in [-0.2, -0.15) is 0 Å². The van der Waals surface area contributed by atoms with E-state index >= 15 is 0 Å². The van der Waals surface area contributed by atoms with Crippen LogP contribution in [0.4, 0.5) is 0 Å². The summed E-state index contributed by atoms with van der Waals surface area (Å²) in [6, 6.07) is 4.13. The molecule has 2 aliphatic carbocycles. The Bertz CT molecular complexity index is 720. The SMILES string of the molecule is CCc1ccc(/C(N)=C/C(=C\C=C(\C)N)C2CC3CC2C(C)C3C)cn1. The zero-order chi connectivity index (χ0) is 18.8. The first-order chi connectivity index (χ1) is 12.4. The van der Waals surface area contributed by atoms with Crippen molar-refractivity contribution in [3.05, 3.63) is 59.1 Å². The van der Waals surface area contributed by atoms with Crippen molar-refractivity contribution in [3.8, 4) is 0 Å². The maximum absolute atomic E-state index is 6.45. The first kappa shape index (κ1) is 18.8. The third kappa shape index (κ3) is 3.72. The molecular formula is C23H33N3. The lowest BCUT2D eigenvalue weighted by atomic mass is 9.72. The molecule has 3 heteroatoms. The number of hydrogen-bond donors (Lipinski definition) is 2. The van der Waals surface area contributed by atoms with Crippen molar-refractivity contribution in [2.24, 2.45) is 41.1 Å². The molecule has 140 valence electrons. The normalized spacial score (nSPS) is 32.3. The minimum Gasteiger partial charge on any atom is -0.402 e. The van der Waals surface area contributed by atoms with Gasteiger partial charge in [-0.3, -0.25) is 4.98 Å². The summed E-state index contributed by atoms with van der Waals surface area (Å²) in [4.78, 5) is 4.49. The van der Waals surface area contributed by atoms with Crippen LogP contribution in [0.15, 0.2) is 47.8 Å². The van der Waals surface area contributed by atoms with Crippen LogP contribution in [0.2, 0.25) is 0 Å². The molecule has 2 fully saturated rings. The molecule has 1 aromatic rings. The van der Waals surface area contributed by atoms with E-state index < -0.39 is 0 Å². The number of nitrogens with two attached hydrogens (primary N) is 2. The van der Waals surface area contributed by atoms with Crippen LogP contribution in [0.1, 0.15) is 51.8 Å². The number of nitrogens with zero attached hydrogens (tertiary/aromatic N) is 1. The van der Waals surface area contributed by atoms with Gasteiger partial charge in [0, 0.05) is 28.8 Å². The largest absolute Gasteiger partial charge is 0.402 e. The molecule has 0 aliphatic heterocycles. The lowest BCUT2D eigenvalue weighted by Gasteiger charge is -2.32. The smallest absolute Gasteiger partial charge is 0.0406 e.